The highest BCUT2D eigenvalue weighted by Crippen LogP contribution is 1.97. The summed E-state index contributed by atoms with van der Waals surface area (Å²) in [5, 5.41) is 16.0. The molecular formula is C12H21N3O5. The fraction of sp³-hybridized carbons (Fsp3) is 0.667. The van der Waals surface area contributed by atoms with Crippen LogP contribution in [0, 0.1) is 0 Å². The van der Waals surface area contributed by atoms with Gasteiger partial charge in [0.1, 0.15) is 0 Å². The van der Waals surface area contributed by atoms with E-state index < -0.39 is 29.9 Å². The number of rotatable bonds is 9. The van der Waals surface area contributed by atoms with Gasteiger partial charge in [0.15, 0.2) is 5.78 Å². The highest BCUT2D eigenvalue weighted by molar-refractivity contribution is 5.90. The van der Waals surface area contributed by atoms with Crippen molar-refractivity contribution in [2.45, 2.75) is 38.8 Å². The van der Waals surface area contributed by atoms with Gasteiger partial charge in [-0.2, -0.15) is 0 Å². The van der Waals surface area contributed by atoms with E-state index in [4.69, 9.17) is 5.11 Å². The Morgan fingerprint density at radius 3 is 2.25 bits per heavy atom. The van der Waals surface area contributed by atoms with Gasteiger partial charge in [0.2, 0.25) is 11.8 Å². The maximum absolute atomic E-state index is 11.7. The average molecular weight is 287 g/mol. The number of Topliss-reactive ketones (excluding diaryl/α,β-unsaturated/α-hetero) is 1. The predicted octanol–water partition coefficient (Wildman–Crippen LogP) is -1.35. The van der Waals surface area contributed by atoms with Crippen LogP contribution in [0.25, 0.3) is 0 Å². The number of hydrogen-bond donors (Lipinski definition) is 4. The van der Waals surface area contributed by atoms with Crippen LogP contribution in [0.3, 0.4) is 0 Å². The minimum Gasteiger partial charge on any atom is -0.481 e. The zero-order valence-corrected chi connectivity index (χ0v) is 11.9. The van der Waals surface area contributed by atoms with E-state index in [1.807, 2.05) is 0 Å². The summed E-state index contributed by atoms with van der Waals surface area (Å²) in [7, 11) is 1.53. The summed E-state index contributed by atoms with van der Waals surface area (Å²) in [5.41, 5.74) is 0. The van der Waals surface area contributed by atoms with E-state index in [-0.39, 0.29) is 25.2 Å². The number of carbonyl (C=O) groups is 4. The van der Waals surface area contributed by atoms with E-state index >= 15 is 0 Å². The van der Waals surface area contributed by atoms with Crippen molar-refractivity contribution in [1.29, 1.82) is 0 Å². The Kier molecular flexibility index (Phi) is 8.14. The Bertz CT molecular complexity index is 383. The molecule has 0 aromatic heterocycles. The van der Waals surface area contributed by atoms with E-state index in [2.05, 4.69) is 16.0 Å². The average Bonchev–Trinajstić information content (AvgIpc) is 2.36. The molecular weight excluding hydrogens is 266 g/mol. The minimum absolute atomic E-state index is 0.128. The second-order valence-electron chi connectivity index (χ2n) is 4.39. The summed E-state index contributed by atoms with van der Waals surface area (Å²) < 4.78 is 0. The number of carboxylic acid groups (broad SMARTS) is 1. The number of amides is 2. The van der Waals surface area contributed by atoms with Crippen LogP contribution in [-0.4, -0.2) is 54.3 Å². The molecule has 0 bridgehead atoms. The van der Waals surface area contributed by atoms with E-state index in [1.54, 1.807) is 6.92 Å². The van der Waals surface area contributed by atoms with Crippen molar-refractivity contribution in [2.75, 3.05) is 13.6 Å². The fourth-order valence-corrected chi connectivity index (χ4v) is 1.36. The van der Waals surface area contributed by atoms with Crippen LogP contribution in [0.4, 0.5) is 0 Å². The fourth-order valence-electron chi connectivity index (χ4n) is 1.36. The molecule has 0 aliphatic carbocycles. The molecule has 2 amide bonds. The molecule has 0 rings (SSSR count). The monoisotopic (exact) mass is 287 g/mol. The van der Waals surface area contributed by atoms with Gasteiger partial charge < -0.3 is 21.1 Å². The van der Waals surface area contributed by atoms with Gasteiger partial charge in [0.25, 0.3) is 0 Å². The van der Waals surface area contributed by atoms with Crippen molar-refractivity contribution in [3.8, 4) is 0 Å². The van der Waals surface area contributed by atoms with Gasteiger partial charge in [-0.05, 0) is 27.3 Å². The number of nitrogens with one attached hydrogen (secondary N) is 3. The molecule has 0 aliphatic rings. The zero-order chi connectivity index (χ0) is 15.7. The van der Waals surface area contributed by atoms with Gasteiger partial charge in [-0.1, -0.05) is 0 Å². The highest BCUT2D eigenvalue weighted by Gasteiger charge is 2.18. The van der Waals surface area contributed by atoms with Gasteiger partial charge in [0, 0.05) is 6.42 Å². The molecule has 0 unspecified atom stereocenters. The maximum Gasteiger partial charge on any atom is 0.303 e. The lowest BCUT2D eigenvalue weighted by atomic mass is 10.1. The smallest absolute Gasteiger partial charge is 0.303 e. The third-order valence-corrected chi connectivity index (χ3v) is 2.72. The molecule has 0 saturated heterocycles. The summed E-state index contributed by atoms with van der Waals surface area (Å²) in [4.78, 5) is 44.5. The Labute approximate surface area is 117 Å². The standard InChI is InChI=1S/C12H21N3O5/c1-7(8(2)16)15-10(17)6-14-12(20)9(13-3)4-5-11(18)19/h7,9,13H,4-6H2,1-3H3,(H,14,20)(H,15,17)(H,18,19)/t7-,9+/m0/s1. The van der Waals surface area contributed by atoms with Crippen LogP contribution >= 0.6 is 0 Å². The Morgan fingerprint density at radius 1 is 1.20 bits per heavy atom. The molecule has 0 aromatic rings. The summed E-state index contributed by atoms with van der Waals surface area (Å²) in [6.45, 7) is 2.64. The van der Waals surface area contributed by atoms with Gasteiger partial charge in [0.05, 0.1) is 18.6 Å². The van der Waals surface area contributed by atoms with Gasteiger partial charge >= 0.3 is 5.97 Å². The largest absolute Gasteiger partial charge is 0.481 e. The van der Waals surface area contributed by atoms with E-state index in [1.165, 1.54) is 14.0 Å². The van der Waals surface area contributed by atoms with Gasteiger partial charge in [-0.25, -0.2) is 0 Å². The number of ketones is 1. The first-order chi connectivity index (χ1) is 9.27. The molecule has 0 saturated carbocycles. The topological polar surface area (TPSA) is 125 Å². The quantitative estimate of drug-likeness (QED) is 0.415. The second-order valence-corrected chi connectivity index (χ2v) is 4.39. The van der Waals surface area contributed by atoms with Crippen molar-refractivity contribution in [2.24, 2.45) is 0 Å². The molecule has 0 heterocycles. The SMILES string of the molecule is CN[C@H](CCC(=O)O)C(=O)NCC(=O)N[C@@H](C)C(C)=O. The first-order valence-corrected chi connectivity index (χ1v) is 6.24. The highest BCUT2D eigenvalue weighted by atomic mass is 16.4. The van der Waals surface area contributed by atoms with E-state index in [0.717, 1.165) is 0 Å². The van der Waals surface area contributed by atoms with E-state index in [9.17, 15) is 19.2 Å². The van der Waals surface area contributed by atoms with Crippen LogP contribution < -0.4 is 16.0 Å². The Balaban J connectivity index is 4.15. The van der Waals surface area contributed by atoms with Crippen LogP contribution in [0.1, 0.15) is 26.7 Å². The molecule has 8 heteroatoms. The maximum atomic E-state index is 11.7. The molecule has 0 aliphatic heterocycles. The van der Waals surface area contributed by atoms with Crippen LogP contribution in [0.15, 0.2) is 0 Å². The van der Waals surface area contributed by atoms with Crippen molar-refractivity contribution >= 4 is 23.6 Å². The molecule has 0 aromatic carbocycles. The summed E-state index contributed by atoms with van der Waals surface area (Å²) >= 11 is 0. The van der Waals surface area contributed by atoms with Crippen LogP contribution in [0.5, 0.6) is 0 Å². The molecule has 8 nitrogen and oxygen atoms in total. The normalized spacial score (nSPS) is 13.2. The van der Waals surface area contributed by atoms with Crippen molar-refractivity contribution in [3.05, 3.63) is 0 Å². The number of carboxylic acids is 1. The van der Waals surface area contributed by atoms with Crippen LogP contribution in [-0.2, 0) is 19.2 Å². The molecule has 20 heavy (non-hydrogen) atoms. The van der Waals surface area contributed by atoms with Crippen molar-refractivity contribution < 1.29 is 24.3 Å². The minimum atomic E-state index is -0.994. The number of likely N-dealkylation sites (N-methyl/N-ethyl adjacent to an activating group) is 1. The number of aliphatic carboxylic acids is 1. The Morgan fingerprint density at radius 2 is 1.80 bits per heavy atom. The first kappa shape index (κ1) is 18.0. The third kappa shape index (κ3) is 7.47. The number of hydrogen-bond acceptors (Lipinski definition) is 5. The molecule has 114 valence electrons. The van der Waals surface area contributed by atoms with Crippen LogP contribution in [0.2, 0.25) is 0 Å². The first-order valence-electron chi connectivity index (χ1n) is 6.24. The second kappa shape index (κ2) is 9.03. The zero-order valence-electron chi connectivity index (χ0n) is 11.9. The van der Waals surface area contributed by atoms with Crippen molar-refractivity contribution in [1.82, 2.24) is 16.0 Å². The Hall–Kier alpha value is -1.96. The van der Waals surface area contributed by atoms with Gasteiger partial charge in [-0.15, -0.1) is 0 Å². The lowest BCUT2D eigenvalue weighted by Crippen LogP contribution is -2.48. The molecule has 0 spiro atoms. The molecule has 4 N–H and O–H groups in total. The molecule has 2 atom stereocenters. The summed E-state index contributed by atoms with van der Waals surface area (Å²) in [5.74, 6) is -2.11. The summed E-state index contributed by atoms with van der Waals surface area (Å²) in [6, 6.07) is -1.28. The summed E-state index contributed by atoms with van der Waals surface area (Å²) in [6.07, 6.45) is -0.0182. The number of carbonyl (C=O) groups excluding carboxylic acids is 3. The third-order valence-electron chi connectivity index (χ3n) is 2.72. The lowest BCUT2D eigenvalue weighted by molar-refractivity contribution is -0.137. The van der Waals surface area contributed by atoms with Gasteiger partial charge in [-0.3, -0.25) is 19.2 Å². The lowest BCUT2D eigenvalue weighted by Gasteiger charge is -2.16. The molecule has 0 fully saturated rings. The van der Waals surface area contributed by atoms with Crippen molar-refractivity contribution in [3.63, 3.8) is 0 Å². The predicted molar refractivity (Wildman–Crippen MR) is 71.0 cm³/mol. The molecule has 0 radical (unpaired) electrons. The van der Waals surface area contributed by atoms with E-state index in [0.29, 0.717) is 0 Å².